The van der Waals surface area contributed by atoms with E-state index in [1.54, 1.807) is 11.0 Å². The van der Waals surface area contributed by atoms with Gasteiger partial charge in [-0.25, -0.2) is 14.6 Å². The van der Waals surface area contributed by atoms with Crippen molar-refractivity contribution in [3.05, 3.63) is 91.1 Å². The Hall–Kier alpha value is -3.93. The Kier molecular flexibility index (Phi) is 4.06. The highest BCUT2D eigenvalue weighted by atomic mass is 16.5. The summed E-state index contributed by atoms with van der Waals surface area (Å²) in [6.45, 7) is 0.549. The highest BCUT2D eigenvalue weighted by Crippen LogP contribution is 2.27. The first-order valence-corrected chi connectivity index (χ1v) is 8.96. The van der Waals surface area contributed by atoms with Crippen LogP contribution in [0.3, 0.4) is 0 Å². The molecular weight excluding hydrogens is 350 g/mol. The van der Waals surface area contributed by atoms with Gasteiger partial charge in [0.25, 0.3) is 0 Å². The van der Waals surface area contributed by atoms with Gasteiger partial charge in [0.2, 0.25) is 0 Å². The minimum atomic E-state index is 0.549. The molecular formula is C22H17N5O. The second kappa shape index (κ2) is 7.00. The van der Waals surface area contributed by atoms with Crippen molar-refractivity contribution in [1.29, 1.82) is 0 Å². The maximum Gasteiger partial charge on any atom is 0.155 e. The Morgan fingerprint density at radius 1 is 0.964 bits per heavy atom. The zero-order valence-electron chi connectivity index (χ0n) is 15.0. The first-order chi connectivity index (χ1) is 13.8. The number of hydrogen-bond acceptors (Lipinski definition) is 4. The number of fused-ring (bicyclic) bond motifs is 1. The fourth-order valence-corrected chi connectivity index (χ4v) is 3.10. The van der Waals surface area contributed by atoms with Crippen LogP contribution in [0.15, 0.2) is 85.6 Å². The lowest BCUT2D eigenvalue weighted by Crippen LogP contribution is -1.97. The van der Waals surface area contributed by atoms with Gasteiger partial charge in [-0.2, -0.15) is 5.10 Å². The highest BCUT2D eigenvalue weighted by molar-refractivity contribution is 5.86. The fraction of sp³-hybridized carbons (Fsp3) is 0.0455. The molecule has 3 aromatic heterocycles. The third kappa shape index (κ3) is 3.23. The molecule has 0 unspecified atom stereocenters. The first-order valence-electron chi connectivity index (χ1n) is 8.96. The lowest BCUT2D eigenvalue weighted by molar-refractivity contribution is 0.306. The van der Waals surface area contributed by atoms with E-state index in [2.05, 4.69) is 44.3 Å². The molecule has 6 heteroatoms. The van der Waals surface area contributed by atoms with Gasteiger partial charge >= 0.3 is 0 Å². The van der Waals surface area contributed by atoms with E-state index in [1.807, 2.05) is 48.7 Å². The van der Waals surface area contributed by atoms with Crippen molar-refractivity contribution in [1.82, 2.24) is 24.7 Å². The number of nitrogens with one attached hydrogen (secondary N) is 1. The summed E-state index contributed by atoms with van der Waals surface area (Å²) in [6.07, 6.45) is 4.95. The minimum Gasteiger partial charge on any atom is -0.489 e. The Balaban J connectivity index is 1.37. The van der Waals surface area contributed by atoms with E-state index in [0.29, 0.717) is 6.61 Å². The van der Waals surface area contributed by atoms with E-state index in [1.165, 1.54) is 6.33 Å². The summed E-state index contributed by atoms with van der Waals surface area (Å²) >= 11 is 0. The normalized spacial score (nSPS) is 11.0. The fourth-order valence-electron chi connectivity index (χ4n) is 3.10. The quantitative estimate of drug-likeness (QED) is 0.500. The Morgan fingerprint density at radius 2 is 1.89 bits per heavy atom. The van der Waals surface area contributed by atoms with Crippen molar-refractivity contribution in [2.24, 2.45) is 0 Å². The molecule has 0 fully saturated rings. The largest absolute Gasteiger partial charge is 0.489 e. The molecule has 0 aliphatic rings. The second-order valence-electron chi connectivity index (χ2n) is 6.45. The van der Waals surface area contributed by atoms with Crippen molar-refractivity contribution in [2.75, 3.05) is 0 Å². The van der Waals surface area contributed by atoms with Gasteiger partial charge < -0.3 is 9.72 Å². The predicted molar refractivity (Wildman–Crippen MR) is 107 cm³/mol. The standard InChI is InChI=1S/C22H17N5O/c1-2-4-16(5-3-1)13-28-19-8-6-17-10-20(26-21(17)11-19)18-7-9-22(24-12-18)27-15-23-14-25-27/h1-12,14-15,26H,13H2. The molecule has 0 spiro atoms. The number of hydrogen-bond donors (Lipinski definition) is 1. The van der Waals surface area contributed by atoms with Crippen LogP contribution in [-0.4, -0.2) is 24.7 Å². The van der Waals surface area contributed by atoms with Crippen LogP contribution in [0.1, 0.15) is 5.56 Å². The van der Waals surface area contributed by atoms with Crippen LogP contribution in [0.2, 0.25) is 0 Å². The van der Waals surface area contributed by atoms with E-state index < -0.39 is 0 Å². The molecule has 0 bridgehead atoms. The van der Waals surface area contributed by atoms with Crippen LogP contribution >= 0.6 is 0 Å². The van der Waals surface area contributed by atoms with Gasteiger partial charge in [-0.1, -0.05) is 30.3 Å². The number of ether oxygens (including phenoxy) is 1. The van der Waals surface area contributed by atoms with Crippen LogP contribution in [0.5, 0.6) is 5.75 Å². The molecule has 0 saturated heterocycles. The summed E-state index contributed by atoms with van der Waals surface area (Å²) in [6, 6.07) is 22.3. The average molecular weight is 367 g/mol. The van der Waals surface area contributed by atoms with Crippen LogP contribution in [0, 0.1) is 0 Å². The monoisotopic (exact) mass is 367 g/mol. The number of H-pyrrole nitrogens is 1. The Bertz CT molecular complexity index is 1200. The van der Waals surface area contributed by atoms with Gasteiger partial charge in [0.05, 0.1) is 0 Å². The van der Waals surface area contributed by atoms with Gasteiger partial charge in [-0.15, -0.1) is 0 Å². The molecule has 1 N–H and O–H groups in total. The summed E-state index contributed by atoms with van der Waals surface area (Å²) in [7, 11) is 0. The lowest BCUT2D eigenvalue weighted by Gasteiger charge is -2.06. The van der Waals surface area contributed by atoms with Gasteiger partial charge in [0.1, 0.15) is 25.0 Å². The van der Waals surface area contributed by atoms with Gasteiger partial charge in [0, 0.05) is 34.4 Å². The molecule has 0 saturated carbocycles. The molecule has 0 aliphatic heterocycles. The number of pyridine rings is 1. The molecule has 0 radical (unpaired) electrons. The molecule has 5 aromatic rings. The molecule has 0 aliphatic carbocycles. The molecule has 0 atom stereocenters. The highest BCUT2D eigenvalue weighted by Gasteiger charge is 2.07. The molecule has 2 aromatic carbocycles. The lowest BCUT2D eigenvalue weighted by atomic mass is 10.2. The summed E-state index contributed by atoms with van der Waals surface area (Å²) in [5.74, 6) is 1.57. The topological polar surface area (TPSA) is 68.6 Å². The Labute approximate surface area is 161 Å². The van der Waals surface area contributed by atoms with E-state index in [-0.39, 0.29) is 0 Å². The van der Waals surface area contributed by atoms with Gasteiger partial charge in [0.15, 0.2) is 5.82 Å². The van der Waals surface area contributed by atoms with Crippen molar-refractivity contribution < 1.29 is 4.74 Å². The van der Waals surface area contributed by atoms with E-state index in [9.17, 15) is 0 Å². The number of nitrogens with zero attached hydrogens (tertiary/aromatic N) is 4. The maximum atomic E-state index is 5.92. The van der Waals surface area contributed by atoms with E-state index in [4.69, 9.17) is 4.74 Å². The van der Waals surface area contributed by atoms with Crippen molar-refractivity contribution in [3.8, 4) is 22.8 Å². The maximum absolute atomic E-state index is 5.92. The molecule has 28 heavy (non-hydrogen) atoms. The van der Waals surface area contributed by atoms with E-state index >= 15 is 0 Å². The smallest absolute Gasteiger partial charge is 0.155 e. The van der Waals surface area contributed by atoms with Crippen LogP contribution < -0.4 is 4.74 Å². The second-order valence-corrected chi connectivity index (χ2v) is 6.45. The van der Waals surface area contributed by atoms with Crippen molar-refractivity contribution >= 4 is 10.9 Å². The number of rotatable bonds is 5. The van der Waals surface area contributed by atoms with E-state index in [0.717, 1.165) is 39.3 Å². The number of aromatic amines is 1. The zero-order valence-corrected chi connectivity index (χ0v) is 15.0. The third-order valence-electron chi connectivity index (χ3n) is 4.55. The van der Waals surface area contributed by atoms with Crippen molar-refractivity contribution in [3.63, 3.8) is 0 Å². The number of aromatic nitrogens is 5. The molecule has 6 nitrogen and oxygen atoms in total. The van der Waals surface area contributed by atoms with Gasteiger partial charge in [-0.05, 0) is 35.9 Å². The summed E-state index contributed by atoms with van der Waals surface area (Å²) in [5.41, 5.74) is 4.19. The van der Waals surface area contributed by atoms with Crippen molar-refractivity contribution in [2.45, 2.75) is 6.61 Å². The van der Waals surface area contributed by atoms with Crippen LogP contribution in [0.4, 0.5) is 0 Å². The molecule has 0 amide bonds. The SMILES string of the molecule is c1ccc(COc2ccc3cc(-c4ccc(-n5cncn5)nc4)[nH]c3c2)cc1. The molecule has 3 heterocycles. The van der Waals surface area contributed by atoms with Crippen LogP contribution in [0.25, 0.3) is 28.0 Å². The first kappa shape index (κ1) is 16.3. The predicted octanol–water partition coefficient (Wildman–Crippen LogP) is 4.39. The summed E-state index contributed by atoms with van der Waals surface area (Å²) < 4.78 is 7.55. The third-order valence-corrected chi connectivity index (χ3v) is 4.55. The molecule has 136 valence electrons. The zero-order chi connectivity index (χ0) is 18.8. The molecule has 5 rings (SSSR count). The number of benzene rings is 2. The summed E-state index contributed by atoms with van der Waals surface area (Å²) in [4.78, 5) is 11.9. The summed E-state index contributed by atoms with van der Waals surface area (Å²) in [5, 5.41) is 5.22. The minimum absolute atomic E-state index is 0.549. The van der Waals surface area contributed by atoms with Gasteiger partial charge in [-0.3, -0.25) is 0 Å². The van der Waals surface area contributed by atoms with Crippen LogP contribution in [-0.2, 0) is 6.61 Å². The average Bonchev–Trinajstić information content (AvgIpc) is 3.43. The Morgan fingerprint density at radius 3 is 2.68 bits per heavy atom.